The van der Waals surface area contributed by atoms with Gasteiger partial charge in [0.1, 0.15) is 0 Å². The number of amides is 1. The Morgan fingerprint density at radius 1 is 1.79 bits per heavy atom. The average molecular weight is 199 g/mol. The second-order valence-corrected chi connectivity index (χ2v) is 3.28. The summed E-state index contributed by atoms with van der Waals surface area (Å²) in [6.07, 6.45) is 1.92. The number of carbonyl (C=O) groups excluding carboxylic acids is 1. The summed E-state index contributed by atoms with van der Waals surface area (Å²) in [5, 5.41) is 17.6. The first kappa shape index (κ1) is 10.7. The normalized spacial score (nSPS) is 23.6. The minimum atomic E-state index is -1.18. The fraction of sp³-hybridized carbons (Fsp3) is 0.556. The lowest BCUT2D eigenvalue weighted by Gasteiger charge is -2.22. The second-order valence-electron chi connectivity index (χ2n) is 3.28. The van der Waals surface area contributed by atoms with Gasteiger partial charge < -0.3 is 15.1 Å². The molecule has 1 aliphatic rings. The molecule has 1 amide bonds. The molecule has 2 N–H and O–H groups in total. The summed E-state index contributed by atoms with van der Waals surface area (Å²) in [7, 11) is 0. The topological polar surface area (TPSA) is 77.8 Å². The van der Waals surface area contributed by atoms with Crippen LogP contribution in [0.3, 0.4) is 0 Å². The van der Waals surface area contributed by atoms with Crippen LogP contribution in [0.1, 0.15) is 6.42 Å². The lowest BCUT2D eigenvalue weighted by atomic mass is 10.1. The van der Waals surface area contributed by atoms with Crippen molar-refractivity contribution >= 4 is 11.9 Å². The van der Waals surface area contributed by atoms with Gasteiger partial charge in [-0.15, -0.1) is 6.58 Å². The van der Waals surface area contributed by atoms with Crippen LogP contribution in [0.4, 0.5) is 0 Å². The number of likely N-dealkylation sites (tertiary alicyclic amines) is 1. The van der Waals surface area contributed by atoms with Gasteiger partial charge in [0.05, 0.1) is 6.61 Å². The molecular weight excluding hydrogens is 186 g/mol. The Bertz CT molecular complexity index is 264. The van der Waals surface area contributed by atoms with E-state index in [1.165, 1.54) is 4.90 Å². The molecule has 2 atom stereocenters. The number of rotatable bonds is 4. The molecule has 0 saturated carbocycles. The first-order valence-corrected chi connectivity index (χ1v) is 4.35. The van der Waals surface area contributed by atoms with Crippen molar-refractivity contribution in [3.8, 4) is 0 Å². The van der Waals surface area contributed by atoms with Crippen LogP contribution in [-0.4, -0.2) is 46.2 Å². The third-order valence-corrected chi connectivity index (χ3v) is 2.36. The van der Waals surface area contributed by atoms with E-state index in [4.69, 9.17) is 10.2 Å². The van der Waals surface area contributed by atoms with E-state index in [0.717, 1.165) is 0 Å². The molecule has 14 heavy (non-hydrogen) atoms. The molecule has 0 aromatic rings. The van der Waals surface area contributed by atoms with Gasteiger partial charge in [0, 0.05) is 18.9 Å². The van der Waals surface area contributed by atoms with Crippen molar-refractivity contribution in [2.24, 2.45) is 5.92 Å². The van der Waals surface area contributed by atoms with Gasteiger partial charge in [0.2, 0.25) is 5.91 Å². The lowest BCUT2D eigenvalue weighted by molar-refractivity contribution is -0.149. The third kappa shape index (κ3) is 1.93. The van der Waals surface area contributed by atoms with Crippen molar-refractivity contribution in [1.29, 1.82) is 0 Å². The number of aliphatic hydroxyl groups is 1. The van der Waals surface area contributed by atoms with E-state index in [1.54, 1.807) is 6.08 Å². The van der Waals surface area contributed by atoms with Gasteiger partial charge in [0.25, 0.3) is 0 Å². The summed E-state index contributed by atoms with van der Waals surface area (Å²) in [6.45, 7) is 3.34. The van der Waals surface area contributed by atoms with Crippen LogP contribution >= 0.6 is 0 Å². The van der Waals surface area contributed by atoms with Gasteiger partial charge in [-0.1, -0.05) is 6.08 Å². The van der Waals surface area contributed by atoms with Gasteiger partial charge in [-0.3, -0.25) is 4.79 Å². The largest absolute Gasteiger partial charge is 0.480 e. The highest BCUT2D eigenvalue weighted by atomic mass is 16.4. The van der Waals surface area contributed by atoms with Crippen molar-refractivity contribution in [2.75, 3.05) is 13.2 Å². The quantitative estimate of drug-likeness (QED) is 0.596. The molecule has 1 fully saturated rings. The lowest BCUT2D eigenvalue weighted by Crippen LogP contribution is -2.44. The Morgan fingerprint density at radius 3 is 2.79 bits per heavy atom. The van der Waals surface area contributed by atoms with Crippen LogP contribution in [0.25, 0.3) is 0 Å². The highest BCUT2D eigenvalue weighted by Gasteiger charge is 2.35. The van der Waals surface area contributed by atoms with Crippen molar-refractivity contribution in [1.82, 2.24) is 4.90 Å². The zero-order valence-electron chi connectivity index (χ0n) is 7.72. The summed E-state index contributed by atoms with van der Waals surface area (Å²) in [5.74, 6) is -1.42. The van der Waals surface area contributed by atoms with Crippen LogP contribution in [0.5, 0.6) is 0 Å². The Balaban J connectivity index is 2.72. The second kappa shape index (κ2) is 4.23. The number of hydrogen-bond acceptors (Lipinski definition) is 3. The highest BCUT2D eigenvalue weighted by Crippen LogP contribution is 2.20. The Kier molecular flexibility index (Phi) is 3.24. The molecular formula is C9H13NO4. The summed E-state index contributed by atoms with van der Waals surface area (Å²) < 4.78 is 0. The number of hydrogen-bond donors (Lipinski definition) is 2. The summed E-state index contributed by atoms with van der Waals surface area (Å²) >= 11 is 0. The molecule has 1 unspecified atom stereocenters. The Morgan fingerprint density at radius 2 is 2.43 bits per heavy atom. The smallest absolute Gasteiger partial charge is 0.328 e. The predicted molar refractivity (Wildman–Crippen MR) is 48.5 cm³/mol. The molecule has 78 valence electrons. The van der Waals surface area contributed by atoms with Gasteiger partial charge >= 0.3 is 5.97 Å². The Hall–Kier alpha value is -1.36. The fourth-order valence-electron chi connectivity index (χ4n) is 1.53. The zero-order valence-corrected chi connectivity index (χ0v) is 7.72. The van der Waals surface area contributed by atoms with Crippen molar-refractivity contribution in [3.63, 3.8) is 0 Å². The number of aliphatic carboxylic acids is 1. The van der Waals surface area contributed by atoms with E-state index in [0.29, 0.717) is 6.54 Å². The Labute approximate surface area is 81.6 Å². The number of carboxylic acid groups (broad SMARTS) is 1. The number of aliphatic hydroxyl groups excluding tert-OH is 1. The third-order valence-electron chi connectivity index (χ3n) is 2.36. The molecule has 1 saturated heterocycles. The minimum absolute atomic E-state index is 0.00380. The van der Waals surface area contributed by atoms with E-state index < -0.39 is 18.6 Å². The van der Waals surface area contributed by atoms with Crippen LogP contribution in [0.15, 0.2) is 12.7 Å². The number of nitrogens with zero attached hydrogens (tertiary/aromatic N) is 1. The molecule has 5 nitrogen and oxygen atoms in total. The van der Waals surface area contributed by atoms with Gasteiger partial charge in [-0.2, -0.15) is 0 Å². The summed E-state index contributed by atoms with van der Waals surface area (Å²) in [5.41, 5.74) is 0. The van der Waals surface area contributed by atoms with E-state index >= 15 is 0 Å². The summed E-state index contributed by atoms with van der Waals surface area (Å²) in [6, 6.07) is -1.12. The van der Waals surface area contributed by atoms with E-state index in [-0.39, 0.29) is 18.2 Å². The van der Waals surface area contributed by atoms with E-state index in [9.17, 15) is 9.59 Å². The molecule has 1 heterocycles. The average Bonchev–Trinajstić information content (AvgIpc) is 2.48. The maximum Gasteiger partial charge on any atom is 0.328 e. The van der Waals surface area contributed by atoms with Gasteiger partial charge in [-0.25, -0.2) is 4.79 Å². The molecule has 0 aromatic carbocycles. The van der Waals surface area contributed by atoms with Crippen molar-refractivity contribution < 1.29 is 19.8 Å². The molecule has 0 radical (unpaired) electrons. The number of carbonyl (C=O) groups is 2. The molecule has 0 spiro atoms. The van der Waals surface area contributed by atoms with E-state index in [2.05, 4.69) is 6.58 Å². The predicted octanol–water partition coefficient (Wildman–Crippen LogP) is -0.534. The fourth-order valence-corrected chi connectivity index (χ4v) is 1.53. The molecule has 0 aromatic heterocycles. The highest BCUT2D eigenvalue weighted by molar-refractivity contribution is 5.85. The summed E-state index contributed by atoms with van der Waals surface area (Å²) in [4.78, 5) is 23.2. The SMILES string of the molecule is C=CC1CC(=O)N([C@@H](CO)C(=O)O)C1. The number of carboxylic acids is 1. The monoisotopic (exact) mass is 199 g/mol. The maximum absolute atomic E-state index is 11.4. The molecule has 0 aliphatic carbocycles. The molecule has 1 rings (SSSR count). The molecule has 1 aliphatic heterocycles. The maximum atomic E-state index is 11.4. The van der Waals surface area contributed by atoms with E-state index in [1.807, 2.05) is 0 Å². The van der Waals surface area contributed by atoms with Crippen LogP contribution in [0, 0.1) is 5.92 Å². The van der Waals surface area contributed by atoms with Crippen molar-refractivity contribution in [2.45, 2.75) is 12.5 Å². The molecule has 5 heteroatoms. The van der Waals surface area contributed by atoms with Crippen molar-refractivity contribution in [3.05, 3.63) is 12.7 Å². The molecule has 0 bridgehead atoms. The zero-order chi connectivity index (χ0) is 10.7. The minimum Gasteiger partial charge on any atom is -0.480 e. The van der Waals surface area contributed by atoms with Crippen LogP contribution in [-0.2, 0) is 9.59 Å². The first-order valence-electron chi connectivity index (χ1n) is 4.35. The van der Waals surface area contributed by atoms with Gasteiger partial charge in [0.15, 0.2) is 6.04 Å². The standard InChI is InChI=1S/C9H13NO4/c1-2-6-3-8(12)10(4-6)7(5-11)9(13)14/h2,6-7,11H,1,3-5H2,(H,13,14)/t6?,7-/m0/s1. The van der Waals surface area contributed by atoms with Crippen LogP contribution < -0.4 is 0 Å². The van der Waals surface area contributed by atoms with Gasteiger partial charge in [-0.05, 0) is 0 Å². The van der Waals surface area contributed by atoms with Crippen LogP contribution in [0.2, 0.25) is 0 Å². The first-order chi connectivity index (χ1) is 6.60.